The topological polar surface area (TPSA) is 50.3 Å². The maximum absolute atomic E-state index is 9.30. The summed E-state index contributed by atoms with van der Waals surface area (Å²) >= 11 is 0.247. The van der Waals surface area contributed by atoms with Crippen LogP contribution in [0.4, 0.5) is 5.69 Å². The Balaban J connectivity index is 1.72. The van der Waals surface area contributed by atoms with Gasteiger partial charge in [0.05, 0.1) is 0 Å². The third kappa shape index (κ3) is 2.76. The van der Waals surface area contributed by atoms with Crippen molar-refractivity contribution in [2.24, 2.45) is 0 Å². The predicted octanol–water partition coefficient (Wildman–Crippen LogP) is 1.22. The van der Waals surface area contributed by atoms with Gasteiger partial charge in [-0.1, -0.05) is 0 Å². The second-order valence-electron chi connectivity index (χ2n) is 8.09. The average molecular weight is 449 g/mol. The van der Waals surface area contributed by atoms with Crippen LogP contribution in [0.2, 0.25) is 0 Å². The summed E-state index contributed by atoms with van der Waals surface area (Å²) in [6, 6.07) is 13.2. The summed E-state index contributed by atoms with van der Waals surface area (Å²) in [6.45, 7) is 3.12. The van der Waals surface area contributed by atoms with Crippen LogP contribution in [-0.4, -0.2) is 50.8 Å². The molecular weight excluding hydrogens is 425 g/mol. The molecule has 2 aromatic rings. The van der Waals surface area contributed by atoms with Gasteiger partial charge >= 0.3 is 176 Å². The van der Waals surface area contributed by atoms with Gasteiger partial charge in [-0.2, -0.15) is 0 Å². The number of fused-ring (bicyclic) bond motifs is 5. The number of aryl methyl sites for hydroxylation is 2. The number of hydrogen-bond acceptors (Lipinski definition) is 3. The third-order valence-corrected chi connectivity index (χ3v) is 8.80. The number of aliphatic hydroxyl groups is 1. The van der Waals surface area contributed by atoms with Crippen LogP contribution in [0.15, 0.2) is 36.4 Å². The molecule has 1 aliphatic carbocycles. The monoisotopic (exact) mass is 450 g/mol. The Morgan fingerprint density at radius 1 is 1.07 bits per heavy atom. The fraction of sp³-hybridized carbons (Fsp3) is 0.333. The molecule has 0 fully saturated rings. The van der Waals surface area contributed by atoms with Gasteiger partial charge in [-0.3, -0.25) is 0 Å². The summed E-state index contributed by atoms with van der Waals surface area (Å²) in [5.41, 5.74) is 7.00. The van der Waals surface area contributed by atoms with E-state index in [1.807, 2.05) is 0 Å². The molecular formula is C24H24N3OSe+. The molecule has 0 bridgehead atoms. The van der Waals surface area contributed by atoms with E-state index >= 15 is 0 Å². The number of benzene rings is 3. The number of rotatable bonds is 2. The number of hydrogen-bond donors (Lipinski definition) is 2. The molecule has 5 heteroatoms. The first-order chi connectivity index (χ1) is 14.3. The molecule has 4 aliphatic rings. The van der Waals surface area contributed by atoms with Gasteiger partial charge in [0.25, 0.3) is 0 Å². The number of anilines is 1. The van der Waals surface area contributed by atoms with Crippen molar-refractivity contribution in [2.75, 3.05) is 31.1 Å². The standard InChI is InChI=1S/C24H23N3OSe/c28-12-9-25-19-14-21-22(17-7-2-1-6-16(17)19)26-20-13-15-5-3-10-27-11-4-8-18(23(15)27)24(20)29-21/h1-2,6-7,13-14,28H,3-5,8-12H2/p+1. The van der Waals surface area contributed by atoms with E-state index in [9.17, 15) is 5.11 Å². The van der Waals surface area contributed by atoms with Gasteiger partial charge in [0.1, 0.15) is 0 Å². The summed E-state index contributed by atoms with van der Waals surface area (Å²) in [7, 11) is 0. The molecule has 2 N–H and O–H groups in total. The molecule has 0 saturated carbocycles. The van der Waals surface area contributed by atoms with E-state index in [0.717, 1.165) is 11.1 Å². The van der Waals surface area contributed by atoms with Gasteiger partial charge in [-0.15, -0.1) is 0 Å². The minimum absolute atomic E-state index is 0.135. The molecule has 2 aromatic carbocycles. The molecule has 0 radical (unpaired) electrons. The quantitative estimate of drug-likeness (QED) is 0.275. The van der Waals surface area contributed by atoms with Crippen molar-refractivity contribution < 1.29 is 10.1 Å². The van der Waals surface area contributed by atoms with E-state index in [1.54, 1.807) is 11.3 Å². The molecule has 29 heavy (non-hydrogen) atoms. The first-order valence-electron chi connectivity index (χ1n) is 10.6. The Labute approximate surface area is 175 Å². The zero-order chi connectivity index (χ0) is 19.4. The zero-order valence-corrected chi connectivity index (χ0v) is 18.1. The number of aliphatic hydroxyl groups excluding tert-OH is 1. The molecule has 6 rings (SSSR count). The second-order valence-corrected chi connectivity index (χ2v) is 10.3. The van der Waals surface area contributed by atoms with Gasteiger partial charge in [-0.05, 0) is 0 Å². The van der Waals surface area contributed by atoms with E-state index in [-0.39, 0.29) is 21.1 Å². The van der Waals surface area contributed by atoms with Crippen molar-refractivity contribution in [3.05, 3.63) is 52.9 Å². The SMILES string of the molecule is OCC[NH+]=c1cc2[se]c3c4c5c(cc3nc-2c2ccccc12)CCCN5CCC4. The van der Waals surface area contributed by atoms with Gasteiger partial charge in [0.15, 0.2) is 0 Å². The van der Waals surface area contributed by atoms with Crippen LogP contribution < -0.4 is 15.2 Å². The zero-order valence-electron chi connectivity index (χ0n) is 16.4. The van der Waals surface area contributed by atoms with Crippen LogP contribution in [0.25, 0.3) is 30.7 Å². The fourth-order valence-electron chi connectivity index (χ4n) is 5.11. The molecule has 3 aliphatic heterocycles. The van der Waals surface area contributed by atoms with Gasteiger partial charge in [-0.25, -0.2) is 0 Å². The number of nitrogens with zero attached hydrogens (tertiary/aromatic N) is 2. The van der Waals surface area contributed by atoms with Crippen LogP contribution in [0.5, 0.6) is 0 Å². The van der Waals surface area contributed by atoms with Crippen molar-refractivity contribution in [1.82, 2.24) is 4.98 Å². The van der Waals surface area contributed by atoms with Crippen molar-refractivity contribution >= 4 is 40.7 Å². The van der Waals surface area contributed by atoms with Crippen LogP contribution in [-0.2, 0) is 12.8 Å². The van der Waals surface area contributed by atoms with Crippen molar-refractivity contribution in [3.8, 4) is 10.1 Å². The van der Waals surface area contributed by atoms with E-state index in [4.69, 9.17) is 4.98 Å². The summed E-state index contributed by atoms with van der Waals surface area (Å²) in [5.74, 6) is 0. The summed E-state index contributed by atoms with van der Waals surface area (Å²) < 4.78 is 2.85. The Morgan fingerprint density at radius 3 is 2.76 bits per heavy atom. The first kappa shape index (κ1) is 17.6. The number of aromatic nitrogens is 1. The van der Waals surface area contributed by atoms with Gasteiger partial charge in [0.2, 0.25) is 0 Å². The average Bonchev–Trinajstić information content (AvgIpc) is 2.77. The first-order valence-corrected chi connectivity index (χ1v) is 12.3. The Morgan fingerprint density at radius 2 is 1.90 bits per heavy atom. The Hall–Kier alpha value is -2.20. The normalized spacial score (nSPS) is 16.7. The van der Waals surface area contributed by atoms with Crippen molar-refractivity contribution in [3.63, 3.8) is 0 Å². The molecule has 0 aromatic heterocycles. The van der Waals surface area contributed by atoms with E-state index < -0.39 is 0 Å². The van der Waals surface area contributed by atoms with Crippen LogP contribution >= 0.6 is 0 Å². The van der Waals surface area contributed by atoms with Crippen LogP contribution in [0, 0.1) is 0 Å². The van der Waals surface area contributed by atoms with E-state index in [1.165, 1.54) is 69.3 Å². The van der Waals surface area contributed by atoms with E-state index in [0.29, 0.717) is 6.54 Å². The second kappa shape index (κ2) is 6.94. The Kier molecular flexibility index (Phi) is 4.22. The molecule has 4 nitrogen and oxygen atoms in total. The predicted molar refractivity (Wildman–Crippen MR) is 118 cm³/mol. The van der Waals surface area contributed by atoms with Crippen LogP contribution in [0.1, 0.15) is 24.0 Å². The molecule has 0 spiro atoms. The molecule has 0 saturated heterocycles. The summed E-state index contributed by atoms with van der Waals surface area (Å²) in [6.07, 6.45) is 4.90. The van der Waals surface area contributed by atoms with Gasteiger partial charge in [0, 0.05) is 0 Å². The molecule has 3 heterocycles. The van der Waals surface area contributed by atoms with Gasteiger partial charge < -0.3 is 0 Å². The van der Waals surface area contributed by atoms with E-state index in [2.05, 4.69) is 46.3 Å². The summed E-state index contributed by atoms with van der Waals surface area (Å²) in [5, 5.41) is 12.8. The molecule has 146 valence electrons. The van der Waals surface area contributed by atoms with Crippen molar-refractivity contribution in [2.45, 2.75) is 25.7 Å². The number of nitrogens with one attached hydrogen (secondary N) is 1. The maximum atomic E-state index is 9.30. The molecule has 0 atom stereocenters. The minimum atomic E-state index is 0.135. The molecule has 0 unspecified atom stereocenters. The molecule has 0 amide bonds. The summed E-state index contributed by atoms with van der Waals surface area (Å²) in [4.78, 5) is 11.3. The fourth-order valence-corrected chi connectivity index (χ4v) is 7.58. The van der Waals surface area contributed by atoms with Crippen LogP contribution in [0.3, 0.4) is 0 Å². The Bertz CT molecular complexity index is 1290. The third-order valence-electron chi connectivity index (χ3n) is 6.31. The van der Waals surface area contributed by atoms with Crippen molar-refractivity contribution in [1.29, 1.82) is 0 Å².